The minimum atomic E-state index is -0.913. The van der Waals surface area contributed by atoms with E-state index in [1.807, 2.05) is 12.1 Å². The average Bonchev–Trinajstić information content (AvgIpc) is 3.15. The van der Waals surface area contributed by atoms with E-state index in [1.165, 1.54) is 18.3 Å². The fourth-order valence-corrected chi connectivity index (χ4v) is 3.37. The van der Waals surface area contributed by atoms with E-state index in [-0.39, 0.29) is 6.54 Å². The molecule has 3 N–H and O–H groups in total. The van der Waals surface area contributed by atoms with Crippen LogP contribution in [0.2, 0.25) is 0 Å². The third kappa shape index (κ3) is 2.14. The number of nitrogens with two attached hydrogens (primary N) is 1. The van der Waals surface area contributed by atoms with Gasteiger partial charge in [-0.2, -0.15) is 0 Å². The molecule has 1 aliphatic carbocycles. The van der Waals surface area contributed by atoms with Crippen molar-refractivity contribution in [3.63, 3.8) is 0 Å². The van der Waals surface area contributed by atoms with E-state index in [4.69, 9.17) is 5.73 Å². The molecule has 116 valence electrons. The maximum absolute atomic E-state index is 11.2. The van der Waals surface area contributed by atoms with Gasteiger partial charge in [-0.25, -0.2) is 9.97 Å². The van der Waals surface area contributed by atoms with Gasteiger partial charge < -0.3 is 15.4 Å². The lowest BCUT2D eigenvalue weighted by Gasteiger charge is -2.05. The number of hydrogen-bond donors (Lipinski definition) is 2. The van der Waals surface area contributed by atoms with Gasteiger partial charge in [0.15, 0.2) is 0 Å². The van der Waals surface area contributed by atoms with Crippen LogP contribution in [-0.4, -0.2) is 25.6 Å². The summed E-state index contributed by atoms with van der Waals surface area (Å²) in [5.41, 5.74) is 9.92. The summed E-state index contributed by atoms with van der Waals surface area (Å²) in [5.74, 6) is -0.537. The van der Waals surface area contributed by atoms with Gasteiger partial charge in [0.05, 0.1) is 10.9 Å². The molecular weight excluding hydrogens is 292 g/mol. The van der Waals surface area contributed by atoms with E-state index in [0.29, 0.717) is 11.5 Å². The lowest BCUT2D eigenvalue weighted by Crippen LogP contribution is -2.09. The number of rotatable bonds is 3. The quantitative estimate of drug-likeness (QED) is 0.776. The Morgan fingerprint density at radius 3 is 2.96 bits per heavy atom. The Balaban J connectivity index is 2.04. The molecule has 2 heterocycles. The monoisotopic (exact) mass is 308 g/mol. The van der Waals surface area contributed by atoms with Crippen LogP contribution in [0.5, 0.6) is 0 Å². The molecule has 0 aliphatic heterocycles. The molecule has 0 spiro atoms. The summed E-state index contributed by atoms with van der Waals surface area (Å²) in [6, 6.07) is 6.07. The molecule has 0 atom stereocenters. The number of allylic oxidation sites excluding steroid dienone is 2. The Labute approximate surface area is 132 Å². The Bertz CT molecular complexity index is 972. The zero-order valence-electron chi connectivity index (χ0n) is 12.5. The van der Waals surface area contributed by atoms with Crippen LogP contribution in [0.3, 0.4) is 0 Å². The summed E-state index contributed by atoms with van der Waals surface area (Å²) in [5, 5.41) is 10.8. The number of anilines is 1. The molecule has 23 heavy (non-hydrogen) atoms. The van der Waals surface area contributed by atoms with E-state index in [9.17, 15) is 9.90 Å². The third-order valence-corrected chi connectivity index (χ3v) is 4.37. The SMILES string of the molecule is Nc1ncnc2c1c1cc(C3=CCCC3)ccc1n2CC(=O)O. The number of carbonyl (C=O) groups is 1. The second-order valence-electron chi connectivity index (χ2n) is 5.79. The Kier molecular flexibility index (Phi) is 3.04. The number of nitrogen functional groups attached to an aromatic ring is 1. The maximum Gasteiger partial charge on any atom is 0.323 e. The molecule has 6 heteroatoms. The lowest BCUT2D eigenvalue weighted by molar-refractivity contribution is -0.137. The normalized spacial score (nSPS) is 14.5. The van der Waals surface area contributed by atoms with Crippen molar-refractivity contribution in [1.82, 2.24) is 14.5 Å². The molecule has 4 rings (SSSR count). The van der Waals surface area contributed by atoms with Crippen LogP contribution in [0.25, 0.3) is 27.5 Å². The van der Waals surface area contributed by atoms with E-state index in [1.54, 1.807) is 4.57 Å². The highest BCUT2D eigenvalue weighted by atomic mass is 16.4. The van der Waals surface area contributed by atoms with Gasteiger partial charge >= 0.3 is 5.97 Å². The number of aliphatic carboxylic acids is 1. The second-order valence-corrected chi connectivity index (χ2v) is 5.79. The number of aromatic nitrogens is 3. The zero-order chi connectivity index (χ0) is 16.0. The molecule has 1 aliphatic rings. The number of hydrogen-bond acceptors (Lipinski definition) is 4. The summed E-state index contributed by atoms with van der Waals surface area (Å²) in [7, 11) is 0. The summed E-state index contributed by atoms with van der Waals surface area (Å²) < 4.78 is 1.68. The molecule has 0 radical (unpaired) electrons. The highest BCUT2D eigenvalue weighted by Gasteiger charge is 2.18. The maximum atomic E-state index is 11.2. The van der Waals surface area contributed by atoms with E-state index in [2.05, 4.69) is 22.1 Å². The van der Waals surface area contributed by atoms with Gasteiger partial charge in [0.25, 0.3) is 0 Å². The van der Waals surface area contributed by atoms with Crippen molar-refractivity contribution in [3.05, 3.63) is 36.2 Å². The van der Waals surface area contributed by atoms with E-state index < -0.39 is 5.97 Å². The van der Waals surface area contributed by atoms with Gasteiger partial charge in [-0.05, 0) is 42.5 Å². The Morgan fingerprint density at radius 1 is 1.35 bits per heavy atom. The zero-order valence-corrected chi connectivity index (χ0v) is 12.5. The van der Waals surface area contributed by atoms with Crippen LogP contribution in [0.1, 0.15) is 24.8 Å². The molecule has 0 unspecified atom stereocenters. The molecular formula is C17H16N4O2. The molecule has 0 amide bonds. The molecule has 0 saturated carbocycles. The average molecular weight is 308 g/mol. The fraction of sp³-hybridized carbons (Fsp3) is 0.235. The molecule has 6 nitrogen and oxygen atoms in total. The number of benzene rings is 1. The van der Waals surface area contributed by atoms with Gasteiger partial charge in [-0.3, -0.25) is 4.79 Å². The first kappa shape index (κ1) is 13.8. The largest absolute Gasteiger partial charge is 0.480 e. The van der Waals surface area contributed by atoms with E-state index >= 15 is 0 Å². The number of nitrogens with zero attached hydrogens (tertiary/aromatic N) is 3. The third-order valence-electron chi connectivity index (χ3n) is 4.37. The minimum absolute atomic E-state index is 0.154. The molecule has 2 aromatic heterocycles. The standard InChI is InChI=1S/C17H16N4O2/c18-16-15-12-7-11(10-3-1-2-4-10)5-6-13(12)21(8-14(22)23)17(15)20-9-19-16/h3,5-7,9H,1-2,4,8H2,(H,22,23)(H2,18,19,20). The fourth-order valence-electron chi connectivity index (χ4n) is 3.37. The van der Waals surface area contributed by atoms with Crippen LogP contribution in [-0.2, 0) is 11.3 Å². The van der Waals surface area contributed by atoms with Gasteiger partial charge in [-0.15, -0.1) is 0 Å². The van der Waals surface area contributed by atoms with Crippen LogP contribution in [0, 0.1) is 0 Å². The molecule has 0 fully saturated rings. The van der Waals surface area contributed by atoms with Crippen LogP contribution >= 0.6 is 0 Å². The molecule has 0 bridgehead atoms. The predicted molar refractivity (Wildman–Crippen MR) is 88.9 cm³/mol. The lowest BCUT2D eigenvalue weighted by atomic mass is 10.0. The first-order chi connectivity index (χ1) is 11.1. The van der Waals surface area contributed by atoms with Gasteiger partial charge in [0.1, 0.15) is 24.3 Å². The van der Waals surface area contributed by atoms with Crippen molar-refractivity contribution in [2.75, 3.05) is 5.73 Å². The van der Waals surface area contributed by atoms with Crippen molar-refractivity contribution >= 4 is 39.3 Å². The van der Waals surface area contributed by atoms with Gasteiger partial charge in [0, 0.05) is 5.39 Å². The molecule has 0 saturated heterocycles. The summed E-state index contributed by atoms with van der Waals surface area (Å²) in [6.07, 6.45) is 7.00. The predicted octanol–water partition coefficient (Wildman–Crippen LogP) is 2.82. The smallest absolute Gasteiger partial charge is 0.323 e. The van der Waals surface area contributed by atoms with Crippen molar-refractivity contribution in [2.24, 2.45) is 0 Å². The first-order valence-corrected chi connectivity index (χ1v) is 7.59. The Hall–Kier alpha value is -2.89. The topological polar surface area (TPSA) is 94.0 Å². The molecule has 3 aromatic rings. The summed E-state index contributed by atoms with van der Waals surface area (Å²) in [4.78, 5) is 19.5. The molecule has 1 aromatic carbocycles. The second kappa shape index (κ2) is 5.08. The van der Waals surface area contributed by atoms with Crippen LogP contribution < -0.4 is 5.73 Å². The Morgan fingerprint density at radius 2 is 2.22 bits per heavy atom. The van der Waals surface area contributed by atoms with Crippen LogP contribution in [0.15, 0.2) is 30.6 Å². The highest BCUT2D eigenvalue weighted by molar-refractivity contribution is 6.12. The van der Waals surface area contributed by atoms with Crippen molar-refractivity contribution in [3.8, 4) is 0 Å². The van der Waals surface area contributed by atoms with Crippen LogP contribution in [0.4, 0.5) is 5.82 Å². The van der Waals surface area contributed by atoms with Crippen molar-refractivity contribution in [1.29, 1.82) is 0 Å². The summed E-state index contributed by atoms with van der Waals surface area (Å²) in [6.45, 7) is -0.154. The van der Waals surface area contributed by atoms with E-state index in [0.717, 1.165) is 34.7 Å². The number of fused-ring (bicyclic) bond motifs is 3. The summed E-state index contributed by atoms with van der Waals surface area (Å²) >= 11 is 0. The first-order valence-electron chi connectivity index (χ1n) is 7.59. The minimum Gasteiger partial charge on any atom is -0.480 e. The van der Waals surface area contributed by atoms with Gasteiger partial charge in [0.2, 0.25) is 0 Å². The number of carboxylic acid groups (broad SMARTS) is 1. The van der Waals surface area contributed by atoms with Gasteiger partial charge in [-0.1, -0.05) is 12.1 Å². The highest BCUT2D eigenvalue weighted by Crippen LogP contribution is 2.35. The number of carboxylic acids is 1. The van der Waals surface area contributed by atoms with Crippen molar-refractivity contribution in [2.45, 2.75) is 25.8 Å². The van der Waals surface area contributed by atoms with Crippen molar-refractivity contribution < 1.29 is 9.90 Å².